The zero-order valence-corrected chi connectivity index (χ0v) is 18.1. The number of carbonyl (C=O) groups is 1. The highest BCUT2D eigenvalue weighted by Crippen LogP contribution is 2.26. The van der Waals surface area contributed by atoms with Crippen LogP contribution in [0.25, 0.3) is 11.0 Å². The van der Waals surface area contributed by atoms with Gasteiger partial charge in [-0.2, -0.15) is 13.1 Å². The van der Waals surface area contributed by atoms with Gasteiger partial charge >= 0.3 is 6.55 Å². The SMILES string of the molecule is CN(Cc1nc2ccccc2n1C(F)F)C(=O)c1ccccc1S(=O)(=O)N1CCOCC1. The monoisotopic (exact) mass is 464 g/mol. The maximum Gasteiger partial charge on any atom is 0.320 e. The molecule has 0 aliphatic carbocycles. The summed E-state index contributed by atoms with van der Waals surface area (Å²) >= 11 is 0. The predicted molar refractivity (Wildman–Crippen MR) is 113 cm³/mol. The molecule has 0 radical (unpaired) electrons. The Morgan fingerprint density at radius 1 is 1.12 bits per heavy atom. The normalized spacial score (nSPS) is 15.4. The first kappa shape index (κ1) is 22.3. The Hall–Kier alpha value is -2.89. The molecule has 8 nitrogen and oxygen atoms in total. The standard InChI is InChI=1S/C21H22F2N4O4S/c1-25(14-19-24-16-7-3-4-8-17(16)27(19)21(22)23)20(28)15-6-2-5-9-18(15)32(29,30)26-10-12-31-13-11-26/h2-9,21H,10-14H2,1H3. The van der Waals surface area contributed by atoms with Crippen molar-refractivity contribution in [1.29, 1.82) is 0 Å². The Balaban J connectivity index is 1.65. The van der Waals surface area contributed by atoms with Crippen LogP contribution >= 0.6 is 0 Å². The number of alkyl halides is 2. The molecule has 0 spiro atoms. The maximum absolute atomic E-state index is 13.7. The number of rotatable bonds is 6. The van der Waals surface area contributed by atoms with Crippen molar-refractivity contribution in [2.24, 2.45) is 0 Å². The van der Waals surface area contributed by atoms with E-state index in [1.54, 1.807) is 30.3 Å². The van der Waals surface area contributed by atoms with E-state index in [-0.39, 0.29) is 54.6 Å². The van der Waals surface area contributed by atoms with Crippen LogP contribution in [0.15, 0.2) is 53.4 Å². The van der Waals surface area contributed by atoms with E-state index in [0.717, 1.165) is 4.57 Å². The van der Waals surface area contributed by atoms with E-state index in [1.165, 1.54) is 34.5 Å². The number of carbonyl (C=O) groups excluding carboxylic acids is 1. The molecule has 2 aromatic carbocycles. The fraction of sp³-hybridized carbons (Fsp3) is 0.333. The van der Waals surface area contributed by atoms with Gasteiger partial charge in [0.2, 0.25) is 10.0 Å². The second-order valence-electron chi connectivity index (χ2n) is 7.34. The lowest BCUT2D eigenvalue weighted by atomic mass is 10.2. The highest BCUT2D eigenvalue weighted by Gasteiger charge is 2.31. The molecule has 1 aliphatic heterocycles. The van der Waals surface area contributed by atoms with E-state index in [1.807, 2.05) is 0 Å². The lowest BCUT2D eigenvalue weighted by molar-refractivity contribution is 0.0644. The molecular formula is C21H22F2N4O4S. The number of aromatic nitrogens is 2. The van der Waals surface area contributed by atoms with E-state index in [9.17, 15) is 22.0 Å². The fourth-order valence-electron chi connectivity index (χ4n) is 3.71. The summed E-state index contributed by atoms with van der Waals surface area (Å²) in [5.41, 5.74) is 0.619. The van der Waals surface area contributed by atoms with Crippen LogP contribution in [0.3, 0.4) is 0 Å². The molecule has 170 valence electrons. The van der Waals surface area contributed by atoms with Crippen LogP contribution in [0.1, 0.15) is 22.7 Å². The zero-order valence-electron chi connectivity index (χ0n) is 17.3. The number of nitrogens with zero attached hydrogens (tertiary/aromatic N) is 4. The third kappa shape index (κ3) is 4.10. The average molecular weight is 464 g/mol. The molecule has 1 amide bonds. The predicted octanol–water partition coefficient (Wildman–Crippen LogP) is 2.72. The van der Waals surface area contributed by atoms with Crippen molar-refractivity contribution >= 4 is 27.0 Å². The Morgan fingerprint density at radius 3 is 2.50 bits per heavy atom. The van der Waals surface area contributed by atoms with Gasteiger partial charge in [-0.25, -0.2) is 13.4 Å². The van der Waals surface area contributed by atoms with Crippen molar-refractivity contribution < 1.29 is 26.7 Å². The van der Waals surface area contributed by atoms with E-state index >= 15 is 0 Å². The van der Waals surface area contributed by atoms with Crippen molar-refractivity contribution in [2.45, 2.75) is 18.0 Å². The molecule has 0 unspecified atom stereocenters. The average Bonchev–Trinajstić information content (AvgIpc) is 3.17. The zero-order chi connectivity index (χ0) is 22.9. The molecular weight excluding hydrogens is 442 g/mol. The van der Waals surface area contributed by atoms with Gasteiger partial charge in [-0.3, -0.25) is 9.36 Å². The molecule has 0 atom stereocenters. The summed E-state index contributed by atoms with van der Waals surface area (Å²) in [4.78, 5) is 18.5. The summed E-state index contributed by atoms with van der Waals surface area (Å²) in [6.45, 7) is -2.12. The van der Waals surface area contributed by atoms with Gasteiger partial charge in [0.1, 0.15) is 5.82 Å². The smallest absolute Gasteiger partial charge is 0.320 e. The highest BCUT2D eigenvalue weighted by atomic mass is 32.2. The van der Waals surface area contributed by atoms with Crippen LogP contribution < -0.4 is 0 Å². The first-order valence-corrected chi connectivity index (χ1v) is 11.4. The van der Waals surface area contributed by atoms with Gasteiger partial charge in [0.25, 0.3) is 5.91 Å². The number of hydrogen-bond acceptors (Lipinski definition) is 5. The number of morpholine rings is 1. The maximum atomic E-state index is 13.7. The largest absolute Gasteiger partial charge is 0.379 e. The summed E-state index contributed by atoms with van der Waals surface area (Å²) in [7, 11) is -2.49. The van der Waals surface area contributed by atoms with Gasteiger partial charge in [-0.05, 0) is 24.3 Å². The summed E-state index contributed by atoms with van der Waals surface area (Å²) in [6.07, 6.45) is 0. The summed E-state index contributed by atoms with van der Waals surface area (Å²) < 4.78 is 61.0. The van der Waals surface area contributed by atoms with E-state index in [4.69, 9.17) is 4.74 Å². The second kappa shape index (κ2) is 8.93. The molecule has 4 rings (SSSR count). The topological polar surface area (TPSA) is 84.7 Å². The molecule has 1 saturated heterocycles. The van der Waals surface area contributed by atoms with Crippen LogP contribution in [-0.4, -0.2) is 66.4 Å². The molecule has 2 heterocycles. The first-order chi connectivity index (χ1) is 15.3. The summed E-state index contributed by atoms with van der Waals surface area (Å²) in [6, 6.07) is 12.4. The number of para-hydroxylation sites is 2. The molecule has 0 bridgehead atoms. The van der Waals surface area contributed by atoms with Crippen LogP contribution in [0.2, 0.25) is 0 Å². The molecule has 0 saturated carbocycles. The van der Waals surface area contributed by atoms with Gasteiger partial charge in [0.15, 0.2) is 0 Å². The number of amides is 1. The number of ether oxygens (including phenoxy) is 1. The minimum atomic E-state index is -3.92. The molecule has 0 N–H and O–H groups in total. The Bertz CT molecular complexity index is 1240. The quantitative estimate of drug-likeness (QED) is 0.560. The van der Waals surface area contributed by atoms with Gasteiger partial charge in [-0.1, -0.05) is 24.3 Å². The van der Waals surface area contributed by atoms with Gasteiger partial charge in [-0.15, -0.1) is 0 Å². The number of fused-ring (bicyclic) bond motifs is 1. The van der Waals surface area contributed by atoms with E-state index < -0.39 is 22.5 Å². The van der Waals surface area contributed by atoms with Crippen molar-refractivity contribution in [3.63, 3.8) is 0 Å². The molecule has 1 fully saturated rings. The second-order valence-corrected chi connectivity index (χ2v) is 9.24. The van der Waals surface area contributed by atoms with E-state index in [2.05, 4.69) is 4.98 Å². The van der Waals surface area contributed by atoms with Gasteiger partial charge < -0.3 is 9.64 Å². The molecule has 32 heavy (non-hydrogen) atoms. The van der Waals surface area contributed by atoms with Crippen molar-refractivity contribution in [1.82, 2.24) is 18.8 Å². The Morgan fingerprint density at radius 2 is 1.78 bits per heavy atom. The lowest BCUT2D eigenvalue weighted by Gasteiger charge is -2.27. The minimum Gasteiger partial charge on any atom is -0.379 e. The minimum absolute atomic E-state index is 0.00516. The van der Waals surface area contributed by atoms with Gasteiger partial charge in [0.05, 0.1) is 41.3 Å². The number of imidazole rings is 1. The first-order valence-electron chi connectivity index (χ1n) is 9.97. The number of sulfonamides is 1. The third-order valence-electron chi connectivity index (χ3n) is 5.29. The number of hydrogen-bond donors (Lipinski definition) is 0. The third-order valence-corrected chi connectivity index (χ3v) is 7.25. The van der Waals surface area contributed by atoms with Crippen LogP contribution in [-0.2, 0) is 21.3 Å². The van der Waals surface area contributed by atoms with Crippen LogP contribution in [0.5, 0.6) is 0 Å². The molecule has 1 aliphatic rings. The summed E-state index contributed by atoms with van der Waals surface area (Å²) in [5.74, 6) is -0.601. The van der Waals surface area contributed by atoms with Crippen molar-refractivity contribution in [2.75, 3.05) is 33.4 Å². The molecule has 1 aromatic heterocycles. The molecule has 3 aromatic rings. The summed E-state index contributed by atoms with van der Waals surface area (Å²) in [5, 5.41) is 0. The number of benzene rings is 2. The highest BCUT2D eigenvalue weighted by molar-refractivity contribution is 7.89. The van der Waals surface area contributed by atoms with Gasteiger partial charge in [0, 0.05) is 20.1 Å². The van der Waals surface area contributed by atoms with Crippen LogP contribution in [0.4, 0.5) is 8.78 Å². The number of halogens is 2. The van der Waals surface area contributed by atoms with E-state index in [0.29, 0.717) is 5.52 Å². The molecule has 11 heteroatoms. The van der Waals surface area contributed by atoms with Crippen molar-refractivity contribution in [3.8, 4) is 0 Å². The van der Waals surface area contributed by atoms with Crippen molar-refractivity contribution in [3.05, 3.63) is 59.9 Å². The van der Waals surface area contributed by atoms with Crippen LogP contribution in [0, 0.1) is 0 Å². The lowest BCUT2D eigenvalue weighted by Crippen LogP contribution is -2.41. The Kier molecular flexibility index (Phi) is 6.22. The Labute approximate surface area is 184 Å². The fourth-order valence-corrected chi connectivity index (χ4v) is 5.30.